The lowest BCUT2D eigenvalue weighted by atomic mass is 9.59. The Morgan fingerprint density at radius 2 is 1.64 bits per heavy atom. The second-order valence-electron chi connectivity index (χ2n) is 3.98. The molecule has 0 heterocycles. The zero-order valence-corrected chi connectivity index (χ0v) is 8.70. The molecule has 0 unspecified atom stereocenters. The molecule has 2 aromatic carbocycles. The zero-order chi connectivity index (χ0) is 9.97. The summed E-state index contributed by atoms with van der Waals surface area (Å²) in [5.41, 5.74) is 1.35. The van der Waals surface area contributed by atoms with Crippen LogP contribution in [0.4, 0.5) is 0 Å². The van der Waals surface area contributed by atoms with Gasteiger partial charge in [-0.05, 0) is 10.8 Å². The number of rotatable bonds is 2. The van der Waals surface area contributed by atoms with Crippen LogP contribution in [0.3, 0.4) is 0 Å². The van der Waals surface area contributed by atoms with Crippen molar-refractivity contribution in [2.24, 2.45) is 0 Å². The fourth-order valence-corrected chi connectivity index (χ4v) is 1.75. The van der Waals surface area contributed by atoms with Crippen LogP contribution in [0, 0.1) is 0 Å². The van der Waals surface area contributed by atoms with Gasteiger partial charge in [-0.1, -0.05) is 67.6 Å². The molecule has 1 heteroatoms. The summed E-state index contributed by atoms with van der Waals surface area (Å²) in [7, 11) is 2.31. The van der Waals surface area contributed by atoms with Gasteiger partial charge in [0, 0.05) is 0 Å². The maximum atomic E-state index is 2.31. The molecule has 0 aliphatic heterocycles. The zero-order valence-electron chi connectivity index (χ0n) is 8.70. The van der Waals surface area contributed by atoms with Crippen molar-refractivity contribution in [2.45, 2.75) is 19.7 Å². The Morgan fingerprint density at radius 1 is 0.929 bits per heavy atom. The van der Waals surface area contributed by atoms with Crippen molar-refractivity contribution in [3.63, 3.8) is 0 Å². The first-order valence-corrected chi connectivity index (χ1v) is 5.10. The van der Waals surface area contributed by atoms with Crippen molar-refractivity contribution in [2.75, 3.05) is 0 Å². The van der Waals surface area contributed by atoms with Crippen molar-refractivity contribution in [1.29, 1.82) is 0 Å². The van der Waals surface area contributed by atoms with Crippen LogP contribution in [0.2, 0.25) is 5.82 Å². The van der Waals surface area contributed by atoms with Gasteiger partial charge in [0.2, 0.25) is 0 Å². The van der Waals surface area contributed by atoms with E-state index in [4.69, 9.17) is 0 Å². The van der Waals surface area contributed by atoms with E-state index >= 15 is 0 Å². The molecule has 2 aromatic rings. The predicted molar refractivity (Wildman–Crippen MR) is 64.4 cm³/mol. The number of benzene rings is 2. The van der Waals surface area contributed by atoms with E-state index in [9.17, 15) is 0 Å². The van der Waals surface area contributed by atoms with Crippen molar-refractivity contribution in [3.05, 3.63) is 42.5 Å². The van der Waals surface area contributed by atoms with Crippen LogP contribution >= 0.6 is 0 Å². The summed E-state index contributed by atoms with van der Waals surface area (Å²) >= 11 is 0. The van der Waals surface area contributed by atoms with Gasteiger partial charge < -0.3 is 0 Å². The van der Waals surface area contributed by atoms with Crippen LogP contribution in [0.15, 0.2) is 42.5 Å². The smallest absolute Gasteiger partial charge is 0.0798 e. The number of hydrogen-bond acceptors (Lipinski definition) is 0. The van der Waals surface area contributed by atoms with Crippen LogP contribution < -0.4 is 5.46 Å². The highest BCUT2D eigenvalue weighted by Crippen LogP contribution is 2.11. The molecule has 0 nitrogen and oxygen atoms in total. The molecule has 0 saturated carbocycles. The fourth-order valence-electron chi connectivity index (χ4n) is 1.75. The first-order valence-electron chi connectivity index (χ1n) is 5.10. The average Bonchev–Trinajstić information content (AvgIpc) is 2.18. The quantitative estimate of drug-likeness (QED) is 0.624. The Labute approximate surface area is 86.2 Å². The van der Waals surface area contributed by atoms with E-state index < -0.39 is 0 Å². The highest BCUT2D eigenvalue weighted by atomic mass is 14.0. The normalized spacial score (nSPS) is 10.8. The second kappa shape index (κ2) is 3.87. The highest BCUT2D eigenvalue weighted by molar-refractivity contribution is 6.58. The maximum Gasteiger partial charge on any atom is 0.155 e. The Balaban J connectivity index is 2.53. The lowest BCUT2D eigenvalue weighted by molar-refractivity contribution is 1.07. The summed E-state index contributed by atoms with van der Waals surface area (Å²) in [5.74, 6) is 0.598. The Morgan fingerprint density at radius 3 is 2.43 bits per heavy atom. The van der Waals surface area contributed by atoms with Crippen molar-refractivity contribution in [1.82, 2.24) is 0 Å². The van der Waals surface area contributed by atoms with E-state index in [2.05, 4.69) is 63.6 Å². The first-order chi connectivity index (χ1) is 6.77. The van der Waals surface area contributed by atoms with Crippen LogP contribution in [-0.4, -0.2) is 7.28 Å². The minimum Gasteiger partial charge on any atom is -0.0798 e. The monoisotopic (exact) mass is 181 g/mol. The standard InChI is InChI=1S/C13H14B/c1-10(2)14-13-9-5-7-11-6-3-4-8-12(11)13/h3-10H,1-2H3. The number of fused-ring (bicyclic) bond motifs is 1. The van der Waals surface area contributed by atoms with Gasteiger partial charge in [-0.25, -0.2) is 0 Å². The predicted octanol–water partition coefficient (Wildman–Crippen LogP) is 3.00. The van der Waals surface area contributed by atoms with Gasteiger partial charge in [0.05, 0.1) is 0 Å². The van der Waals surface area contributed by atoms with E-state index in [0.717, 1.165) is 0 Å². The van der Waals surface area contributed by atoms with Gasteiger partial charge in [-0.15, -0.1) is 0 Å². The van der Waals surface area contributed by atoms with E-state index in [0.29, 0.717) is 5.82 Å². The summed E-state index contributed by atoms with van der Waals surface area (Å²) in [6, 6.07) is 15.0. The molecule has 69 valence electrons. The van der Waals surface area contributed by atoms with Crippen molar-refractivity contribution in [3.8, 4) is 0 Å². The number of hydrogen-bond donors (Lipinski definition) is 0. The first kappa shape index (κ1) is 9.33. The lowest BCUT2D eigenvalue weighted by Gasteiger charge is -2.07. The van der Waals surface area contributed by atoms with Crippen LogP contribution in [0.1, 0.15) is 13.8 Å². The van der Waals surface area contributed by atoms with Gasteiger partial charge in [-0.2, -0.15) is 0 Å². The largest absolute Gasteiger partial charge is 0.155 e. The van der Waals surface area contributed by atoms with Gasteiger partial charge in [-0.3, -0.25) is 0 Å². The van der Waals surface area contributed by atoms with E-state index in [1.54, 1.807) is 0 Å². The molecule has 0 N–H and O–H groups in total. The summed E-state index contributed by atoms with van der Waals surface area (Å²) in [6.45, 7) is 4.42. The third-order valence-electron chi connectivity index (χ3n) is 2.34. The molecule has 2 rings (SSSR count). The van der Waals surface area contributed by atoms with Gasteiger partial charge >= 0.3 is 0 Å². The summed E-state index contributed by atoms with van der Waals surface area (Å²) < 4.78 is 0. The molecule has 0 atom stereocenters. The van der Waals surface area contributed by atoms with E-state index in [1.807, 2.05) is 0 Å². The highest BCUT2D eigenvalue weighted by Gasteiger charge is 2.03. The Hall–Kier alpha value is -1.24. The van der Waals surface area contributed by atoms with Gasteiger partial charge in [0.15, 0.2) is 7.28 Å². The van der Waals surface area contributed by atoms with E-state index in [1.165, 1.54) is 16.2 Å². The molecule has 0 aliphatic carbocycles. The summed E-state index contributed by atoms with van der Waals surface area (Å²) in [4.78, 5) is 0. The second-order valence-corrected chi connectivity index (χ2v) is 3.98. The molecule has 0 aliphatic rings. The molecule has 0 amide bonds. The topological polar surface area (TPSA) is 0 Å². The third kappa shape index (κ3) is 1.82. The van der Waals surface area contributed by atoms with Gasteiger partial charge in [0.1, 0.15) is 0 Å². The molecule has 0 aromatic heterocycles. The lowest BCUT2D eigenvalue weighted by Crippen LogP contribution is -2.17. The average molecular weight is 181 g/mol. The molecule has 1 radical (unpaired) electrons. The molecular formula is C13H14B. The maximum absolute atomic E-state index is 2.31. The van der Waals surface area contributed by atoms with Crippen LogP contribution in [0.25, 0.3) is 10.8 Å². The fraction of sp³-hybridized carbons (Fsp3) is 0.231. The minimum absolute atomic E-state index is 0.598. The molecule has 0 bridgehead atoms. The minimum atomic E-state index is 0.598. The van der Waals surface area contributed by atoms with Gasteiger partial charge in [0.25, 0.3) is 0 Å². The molecule has 0 spiro atoms. The summed E-state index contributed by atoms with van der Waals surface area (Å²) in [6.07, 6.45) is 0. The van der Waals surface area contributed by atoms with Crippen molar-refractivity contribution >= 4 is 23.5 Å². The Kier molecular flexibility index (Phi) is 2.58. The SMILES string of the molecule is CC(C)[B]c1cccc2ccccc12. The van der Waals surface area contributed by atoms with Crippen molar-refractivity contribution < 1.29 is 0 Å². The Bertz CT molecular complexity index is 427. The van der Waals surface area contributed by atoms with Crippen LogP contribution in [-0.2, 0) is 0 Å². The van der Waals surface area contributed by atoms with E-state index in [-0.39, 0.29) is 0 Å². The molecule has 14 heavy (non-hydrogen) atoms. The molecule has 0 saturated heterocycles. The van der Waals surface area contributed by atoms with Crippen LogP contribution in [0.5, 0.6) is 0 Å². The third-order valence-corrected chi connectivity index (χ3v) is 2.34. The molecular weight excluding hydrogens is 167 g/mol. The summed E-state index contributed by atoms with van der Waals surface area (Å²) in [5, 5.41) is 2.67. The molecule has 0 fully saturated rings.